The van der Waals surface area contributed by atoms with Gasteiger partial charge in [-0.1, -0.05) is 67.5 Å². The number of hydrogen-bond acceptors (Lipinski definition) is 3. The molecule has 30 heavy (non-hydrogen) atoms. The van der Waals surface area contributed by atoms with Crippen molar-refractivity contribution in [3.8, 4) is 0 Å². The molecule has 2 fully saturated rings. The van der Waals surface area contributed by atoms with E-state index in [0.717, 1.165) is 6.42 Å². The molecular formula is C24H37IO4S. The van der Waals surface area contributed by atoms with Gasteiger partial charge in [-0.25, -0.2) is 0 Å². The largest absolute Gasteiger partial charge is 0.299 e. The summed E-state index contributed by atoms with van der Waals surface area (Å²) >= 11 is 2.45. The minimum Gasteiger partial charge on any atom is -0.299 e. The zero-order valence-electron chi connectivity index (χ0n) is 19.6. The number of Topliss-reactive ketones (excluding diaryl/α,β-unsaturated/α-hetero) is 1. The summed E-state index contributed by atoms with van der Waals surface area (Å²) in [6.07, 6.45) is 1.97. The summed E-state index contributed by atoms with van der Waals surface area (Å²) in [7, 11) is -4.08. The van der Waals surface area contributed by atoms with Crippen molar-refractivity contribution in [2.75, 3.05) is 5.75 Å². The second-order valence-corrected chi connectivity index (χ2v) is 14.2. The molecule has 0 saturated heterocycles. The molecule has 0 aliphatic heterocycles. The van der Waals surface area contributed by atoms with Crippen LogP contribution in [-0.4, -0.2) is 24.5 Å². The number of hydrogen-bond donors (Lipinski definition) is 1. The molecule has 0 spiro atoms. The van der Waals surface area contributed by atoms with Gasteiger partial charge in [0, 0.05) is 9.99 Å². The summed E-state index contributed by atoms with van der Waals surface area (Å²) in [5.41, 5.74) is 2.30. The van der Waals surface area contributed by atoms with Gasteiger partial charge in [0.2, 0.25) is 0 Å². The van der Waals surface area contributed by atoms with Crippen LogP contribution in [0.5, 0.6) is 0 Å². The van der Waals surface area contributed by atoms with Crippen LogP contribution in [0.4, 0.5) is 0 Å². The summed E-state index contributed by atoms with van der Waals surface area (Å²) in [5.74, 6) is -0.101. The Morgan fingerprint density at radius 3 is 2.00 bits per heavy atom. The molecule has 3 rings (SSSR count). The molecule has 1 N–H and O–H groups in total. The maximum absolute atomic E-state index is 11.9. The van der Waals surface area contributed by atoms with E-state index in [1.165, 1.54) is 14.7 Å². The van der Waals surface area contributed by atoms with Crippen LogP contribution in [0.2, 0.25) is 0 Å². The SMILES string of the molecule is CC(C)(C)c1cccc(I)c1C(C)(C)C.CC1(C)C2CCC1(CS(=O)(=O)O)C(=O)C2. The monoisotopic (exact) mass is 548 g/mol. The van der Waals surface area contributed by atoms with Crippen LogP contribution in [0.3, 0.4) is 0 Å². The number of carbonyl (C=O) groups is 1. The predicted octanol–water partition coefficient (Wildman–Crippen LogP) is 6.16. The Bertz CT molecular complexity index is 920. The number of carbonyl (C=O) groups excluding carboxylic acids is 1. The molecule has 0 radical (unpaired) electrons. The maximum Gasteiger partial charge on any atom is 0.265 e. The smallest absolute Gasteiger partial charge is 0.265 e. The molecule has 4 nitrogen and oxygen atoms in total. The zero-order valence-corrected chi connectivity index (χ0v) is 22.6. The third kappa shape index (κ3) is 4.96. The van der Waals surface area contributed by atoms with E-state index in [1.807, 2.05) is 13.8 Å². The highest BCUT2D eigenvalue weighted by molar-refractivity contribution is 14.1. The first kappa shape index (κ1) is 25.8. The van der Waals surface area contributed by atoms with Gasteiger partial charge in [-0.3, -0.25) is 9.35 Å². The van der Waals surface area contributed by atoms with E-state index in [2.05, 4.69) is 82.3 Å². The fraction of sp³-hybridized carbons (Fsp3) is 0.708. The molecule has 170 valence electrons. The van der Waals surface area contributed by atoms with E-state index in [1.54, 1.807) is 0 Å². The Morgan fingerprint density at radius 2 is 1.67 bits per heavy atom. The summed E-state index contributed by atoms with van der Waals surface area (Å²) in [6.45, 7) is 17.6. The van der Waals surface area contributed by atoms with Crippen LogP contribution in [0.15, 0.2) is 18.2 Å². The Morgan fingerprint density at radius 1 is 1.10 bits per heavy atom. The van der Waals surface area contributed by atoms with Gasteiger partial charge in [-0.2, -0.15) is 8.42 Å². The van der Waals surface area contributed by atoms with E-state index in [9.17, 15) is 13.2 Å². The standard InChI is InChI=1S/C14H21I.C10H16O4S/c1-13(2,3)10-8-7-9-11(15)12(10)14(4,5)6;1-9(2)7-3-4-10(9,8(11)5-7)6-15(12,13)14/h7-9H,1-6H3;7H,3-6H2,1-2H3,(H,12,13,14). The van der Waals surface area contributed by atoms with Crippen LogP contribution in [0.1, 0.15) is 85.8 Å². The van der Waals surface area contributed by atoms with Crippen LogP contribution in [0, 0.1) is 20.3 Å². The molecule has 2 aliphatic carbocycles. The Hall–Kier alpha value is -0.470. The van der Waals surface area contributed by atoms with E-state index in [4.69, 9.17) is 4.55 Å². The van der Waals surface area contributed by atoms with E-state index in [0.29, 0.717) is 12.8 Å². The third-order valence-electron chi connectivity index (χ3n) is 7.14. The Kier molecular flexibility index (Phi) is 7.00. The number of benzene rings is 1. The van der Waals surface area contributed by atoms with Crippen LogP contribution in [-0.2, 0) is 25.7 Å². The van der Waals surface area contributed by atoms with E-state index in [-0.39, 0.29) is 27.9 Å². The van der Waals surface area contributed by atoms with Crippen LogP contribution >= 0.6 is 22.6 Å². The molecular weight excluding hydrogens is 511 g/mol. The number of fused-ring (bicyclic) bond motifs is 2. The molecule has 2 saturated carbocycles. The van der Waals surface area contributed by atoms with Crippen molar-refractivity contribution in [2.45, 2.75) is 85.5 Å². The van der Waals surface area contributed by atoms with Gasteiger partial charge in [0.05, 0.1) is 11.2 Å². The van der Waals surface area contributed by atoms with Crippen molar-refractivity contribution < 1.29 is 17.8 Å². The van der Waals surface area contributed by atoms with Gasteiger partial charge in [0.1, 0.15) is 5.78 Å². The third-order valence-corrected chi connectivity index (χ3v) is 8.90. The number of halogens is 1. The van der Waals surface area contributed by atoms with Gasteiger partial charge < -0.3 is 0 Å². The molecule has 2 aliphatic rings. The highest BCUT2D eigenvalue weighted by Gasteiger charge is 2.65. The second kappa shape index (κ2) is 8.14. The Labute approximate surface area is 196 Å². The highest BCUT2D eigenvalue weighted by atomic mass is 127. The average molecular weight is 549 g/mol. The summed E-state index contributed by atoms with van der Waals surface area (Å²) in [6, 6.07) is 6.64. The predicted molar refractivity (Wildman–Crippen MR) is 132 cm³/mol. The minimum atomic E-state index is -4.08. The molecule has 0 heterocycles. The van der Waals surface area contributed by atoms with Gasteiger partial charge in [0.15, 0.2) is 0 Å². The first-order valence-corrected chi connectivity index (χ1v) is 13.3. The molecule has 2 bridgehead atoms. The van der Waals surface area contributed by atoms with Crippen molar-refractivity contribution in [3.05, 3.63) is 32.9 Å². The summed E-state index contributed by atoms with van der Waals surface area (Å²) in [5, 5.41) is 0. The molecule has 1 aromatic rings. The van der Waals surface area contributed by atoms with Crippen molar-refractivity contribution in [2.24, 2.45) is 16.7 Å². The number of ketones is 1. The van der Waals surface area contributed by atoms with Gasteiger partial charge in [0.25, 0.3) is 10.1 Å². The molecule has 0 amide bonds. The molecule has 0 aromatic heterocycles. The van der Waals surface area contributed by atoms with E-state index < -0.39 is 21.3 Å². The topological polar surface area (TPSA) is 71.4 Å². The van der Waals surface area contributed by atoms with Crippen molar-refractivity contribution in [3.63, 3.8) is 0 Å². The Balaban J connectivity index is 0.000000214. The lowest BCUT2D eigenvalue weighted by Crippen LogP contribution is -2.42. The lowest BCUT2D eigenvalue weighted by molar-refractivity contribution is -0.128. The number of rotatable bonds is 2. The zero-order chi connectivity index (χ0) is 23.3. The fourth-order valence-electron chi connectivity index (χ4n) is 5.33. The van der Waals surface area contributed by atoms with E-state index >= 15 is 0 Å². The quantitative estimate of drug-likeness (QED) is 0.355. The fourth-order valence-corrected chi connectivity index (χ4v) is 7.94. The maximum atomic E-state index is 11.9. The molecule has 2 unspecified atom stereocenters. The molecule has 6 heteroatoms. The lowest BCUT2D eigenvalue weighted by atomic mass is 9.70. The van der Waals surface area contributed by atoms with Gasteiger partial charge in [-0.15, -0.1) is 0 Å². The highest BCUT2D eigenvalue weighted by Crippen LogP contribution is 2.64. The lowest BCUT2D eigenvalue weighted by Gasteiger charge is -2.35. The van der Waals surface area contributed by atoms with Crippen molar-refractivity contribution >= 4 is 38.5 Å². The van der Waals surface area contributed by atoms with Crippen LogP contribution in [0.25, 0.3) is 0 Å². The molecule has 1 aromatic carbocycles. The van der Waals surface area contributed by atoms with Gasteiger partial charge >= 0.3 is 0 Å². The normalized spacial score (nSPS) is 25.8. The second-order valence-electron chi connectivity index (χ2n) is 11.6. The summed E-state index contributed by atoms with van der Waals surface area (Å²) in [4.78, 5) is 11.9. The first-order chi connectivity index (χ1) is 13.3. The summed E-state index contributed by atoms with van der Waals surface area (Å²) < 4.78 is 32.4. The molecule has 2 atom stereocenters. The van der Waals surface area contributed by atoms with Crippen molar-refractivity contribution in [1.82, 2.24) is 0 Å². The van der Waals surface area contributed by atoms with Crippen LogP contribution < -0.4 is 0 Å². The average Bonchev–Trinajstić information content (AvgIpc) is 2.85. The minimum absolute atomic E-state index is 0.0152. The van der Waals surface area contributed by atoms with Crippen molar-refractivity contribution in [1.29, 1.82) is 0 Å². The van der Waals surface area contributed by atoms with Gasteiger partial charge in [-0.05, 0) is 74.8 Å². The first-order valence-electron chi connectivity index (χ1n) is 10.6.